The maximum Gasteiger partial charge on any atom is 0.358 e. The van der Waals surface area contributed by atoms with Gasteiger partial charge in [0, 0.05) is 55.3 Å². The molecule has 2 aromatic rings. The number of methoxy groups -OCH3 is 2. The largest absolute Gasteiger partial charge is 0.490 e. The molecule has 7 rings (SSSR count). The number of carbonyl (C=O) groups excluding carboxylic acids is 2. The zero-order valence-corrected chi connectivity index (χ0v) is 31.5. The van der Waals surface area contributed by atoms with Crippen molar-refractivity contribution in [1.82, 2.24) is 9.79 Å². The molecule has 11 nitrogen and oxygen atoms in total. The molecule has 0 radical (unpaired) electrons. The van der Waals surface area contributed by atoms with Crippen LogP contribution in [-0.4, -0.2) is 84.7 Å². The summed E-state index contributed by atoms with van der Waals surface area (Å²) in [6, 6.07) is 9.72. The predicted molar refractivity (Wildman–Crippen MR) is 196 cm³/mol. The summed E-state index contributed by atoms with van der Waals surface area (Å²) in [4.78, 5) is 29.4. The molecule has 7 atom stereocenters. The van der Waals surface area contributed by atoms with E-state index < -0.39 is 45.9 Å². The highest BCUT2D eigenvalue weighted by atomic mass is 35.5. The molecule has 2 heterocycles. The van der Waals surface area contributed by atoms with Gasteiger partial charge in [-0.05, 0) is 91.3 Å². The Labute approximate surface area is 313 Å². The van der Waals surface area contributed by atoms with Crippen molar-refractivity contribution >= 4 is 39.1 Å². The van der Waals surface area contributed by atoms with Gasteiger partial charge in [-0.3, -0.25) is 10.0 Å². The van der Waals surface area contributed by atoms with Crippen LogP contribution in [0.1, 0.15) is 60.5 Å². The van der Waals surface area contributed by atoms with Crippen LogP contribution >= 0.6 is 11.6 Å². The van der Waals surface area contributed by atoms with E-state index in [9.17, 15) is 27.8 Å². The Morgan fingerprint density at radius 1 is 1.17 bits per heavy atom. The van der Waals surface area contributed by atoms with E-state index in [0.29, 0.717) is 36.2 Å². The molecular weight excluding hydrogens is 730 g/mol. The van der Waals surface area contributed by atoms with Gasteiger partial charge in [0.25, 0.3) is 12.3 Å². The van der Waals surface area contributed by atoms with Crippen LogP contribution in [0.15, 0.2) is 64.2 Å². The quantitative estimate of drug-likeness (QED) is 0.190. The van der Waals surface area contributed by atoms with Crippen molar-refractivity contribution < 1.29 is 42.0 Å². The number of halogens is 3. The van der Waals surface area contributed by atoms with Crippen molar-refractivity contribution in [3.8, 4) is 5.75 Å². The first-order chi connectivity index (χ1) is 25.3. The summed E-state index contributed by atoms with van der Waals surface area (Å²) in [6.07, 6.45) is 4.58. The Balaban J connectivity index is 1.30. The van der Waals surface area contributed by atoms with Crippen LogP contribution in [0.2, 0.25) is 5.02 Å². The van der Waals surface area contributed by atoms with Crippen molar-refractivity contribution in [3.05, 3.63) is 81.5 Å². The zero-order valence-electron chi connectivity index (χ0n) is 29.9. The Morgan fingerprint density at radius 3 is 2.64 bits per heavy atom. The van der Waals surface area contributed by atoms with E-state index in [0.717, 1.165) is 32.1 Å². The number of alkyl halides is 2. The molecule has 5 aliphatic rings. The number of benzene rings is 2. The average Bonchev–Trinajstić information content (AvgIpc) is 3.93. The number of nitrogens with zero attached hydrogens (tertiary/aromatic N) is 3. The number of urea groups is 1. The van der Waals surface area contributed by atoms with Crippen molar-refractivity contribution in [2.75, 3.05) is 44.6 Å². The summed E-state index contributed by atoms with van der Waals surface area (Å²) in [7, 11) is -0.784. The normalized spacial score (nSPS) is 31.7. The smallest absolute Gasteiger partial charge is 0.358 e. The van der Waals surface area contributed by atoms with Gasteiger partial charge in [-0.15, -0.1) is 4.36 Å². The number of nitrogens with one attached hydrogen (secondary N) is 1. The Hall–Kier alpha value is -3.56. The molecule has 1 fully saturated rings. The number of hydrogen-bond donors (Lipinski definition) is 2. The Morgan fingerprint density at radius 2 is 1.94 bits per heavy atom. The number of hydroxylamine groups is 2. The van der Waals surface area contributed by atoms with Gasteiger partial charge in [-0.25, -0.2) is 22.5 Å². The summed E-state index contributed by atoms with van der Waals surface area (Å²) in [6.45, 7) is 3.46. The van der Waals surface area contributed by atoms with Gasteiger partial charge in [0.15, 0.2) is 0 Å². The number of hydrogen-bond acceptors (Lipinski definition) is 8. The van der Waals surface area contributed by atoms with E-state index in [1.165, 1.54) is 18.2 Å². The highest BCUT2D eigenvalue weighted by Gasteiger charge is 2.45. The molecule has 2 N–H and O–H groups in total. The van der Waals surface area contributed by atoms with Crippen molar-refractivity contribution in [2.45, 2.75) is 69.5 Å². The maximum atomic E-state index is 14.5. The van der Waals surface area contributed by atoms with E-state index in [1.807, 2.05) is 24.3 Å². The summed E-state index contributed by atoms with van der Waals surface area (Å²) < 4.78 is 65.5. The second-order valence-electron chi connectivity index (χ2n) is 14.9. The monoisotopic (exact) mass is 774 g/mol. The van der Waals surface area contributed by atoms with Gasteiger partial charge in [0.05, 0.1) is 36.0 Å². The van der Waals surface area contributed by atoms with E-state index in [1.54, 1.807) is 32.2 Å². The lowest BCUT2D eigenvalue weighted by molar-refractivity contribution is -0.00330. The first-order valence-electron chi connectivity index (χ1n) is 18.0. The summed E-state index contributed by atoms with van der Waals surface area (Å²) in [5, 5.41) is 11.1. The van der Waals surface area contributed by atoms with Crippen LogP contribution in [0.5, 0.6) is 5.75 Å². The lowest BCUT2D eigenvalue weighted by Gasteiger charge is -2.46. The molecule has 1 spiro atoms. The number of aryl methyl sites for hydroxylation is 1. The number of carbonyl (C=O) groups is 2. The highest BCUT2D eigenvalue weighted by Crippen LogP contribution is 2.47. The van der Waals surface area contributed by atoms with Crippen LogP contribution in [0, 0.1) is 17.8 Å². The molecule has 2 bridgehead atoms. The summed E-state index contributed by atoms with van der Waals surface area (Å²) in [5.41, 5.74) is 2.20. The van der Waals surface area contributed by atoms with Crippen molar-refractivity contribution in [3.63, 3.8) is 0 Å². The van der Waals surface area contributed by atoms with E-state index in [-0.39, 0.29) is 51.9 Å². The molecule has 286 valence electrons. The van der Waals surface area contributed by atoms with Gasteiger partial charge < -0.3 is 19.1 Å². The maximum absolute atomic E-state index is 14.5. The SMILES string of the molecule is CO[C@H]1/C=C/[C@H](OC)[C@H](C)CS(=O)(NC(=O)N(O)C2=C(C(F)F)C2)=NC(=O)c2ccc3c(c2)N(C[C@@H]2CC[C@H]21)C[C@@]1(CCCc2cc(Cl)ccc21)CO3. The summed E-state index contributed by atoms with van der Waals surface area (Å²) >= 11 is 6.43. The van der Waals surface area contributed by atoms with Gasteiger partial charge >= 0.3 is 6.03 Å². The van der Waals surface area contributed by atoms with Crippen LogP contribution in [0.3, 0.4) is 0 Å². The van der Waals surface area contributed by atoms with E-state index >= 15 is 0 Å². The molecule has 3 aliphatic carbocycles. The zero-order chi connectivity index (χ0) is 37.7. The fraction of sp³-hybridized carbons (Fsp3) is 0.526. The third kappa shape index (κ3) is 7.57. The van der Waals surface area contributed by atoms with Crippen molar-refractivity contribution in [1.29, 1.82) is 0 Å². The van der Waals surface area contributed by atoms with Crippen LogP contribution in [0.25, 0.3) is 0 Å². The van der Waals surface area contributed by atoms with Crippen LogP contribution in [-0.2, 0) is 31.2 Å². The Bertz CT molecular complexity index is 1970. The number of amides is 3. The molecule has 2 aromatic carbocycles. The fourth-order valence-electron chi connectivity index (χ4n) is 8.49. The lowest BCUT2D eigenvalue weighted by atomic mass is 9.68. The Kier molecular flexibility index (Phi) is 10.6. The number of rotatable bonds is 5. The lowest BCUT2D eigenvalue weighted by Crippen LogP contribution is -2.49. The van der Waals surface area contributed by atoms with Gasteiger partial charge in [0.1, 0.15) is 15.7 Å². The topological polar surface area (TPSA) is 130 Å². The molecule has 3 amide bonds. The van der Waals surface area contributed by atoms with Gasteiger partial charge in [-0.1, -0.05) is 36.7 Å². The third-order valence-electron chi connectivity index (χ3n) is 11.5. The molecule has 1 saturated carbocycles. The minimum absolute atomic E-state index is 0.00847. The predicted octanol–water partition coefficient (Wildman–Crippen LogP) is 6.92. The summed E-state index contributed by atoms with van der Waals surface area (Å²) in [5.74, 6) is -0.688. The van der Waals surface area contributed by atoms with Crippen molar-refractivity contribution in [2.24, 2.45) is 22.1 Å². The second kappa shape index (κ2) is 14.9. The second-order valence-corrected chi connectivity index (χ2v) is 17.4. The van der Waals surface area contributed by atoms with Gasteiger partial charge in [-0.2, -0.15) is 5.06 Å². The number of ether oxygens (including phenoxy) is 3. The molecular formula is C38H45ClF2N4O7S. The molecule has 15 heteroatoms. The molecule has 53 heavy (non-hydrogen) atoms. The fourth-order valence-corrected chi connectivity index (χ4v) is 10.5. The third-order valence-corrected chi connectivity index (χ3v) is 13.7. The minimum atomic E-state index is -3.96. The van der Waals surface area contributed by atoms with Crippen LogP contribution < -0.4 is 14.4 Å². The van der Waals surface area contributed by atoms with E-state index in [2.05, 4.69) is 20.1 Å². The molecule has 2 aliphatic heterocycles. The molecule has 0 aromatic heterocycles. The first-order valence-corrected chi connectivity index (χ1v) is 20.0. The first kappa shape index (κ1) is 37.7. The highest BCUT2D eigenvalue weighted by molar-refractivity contribution is 7.92. The number of allylic oxidation sites excluding steroid dienone is 2. The number of fused-ring (bicyclic) bond motifs is 4. The molecule has 1 unspecified atom stereocenters. The van der Waals surface area contributed by atoms with Crippen LogP contribution in [0.4, 0.5) is 19.3 Å². The molecule has 0 saturated heterocycles. The average molecular weight is 775 g/mol. The van der Waals surface area contributed by atoms with E-state index in [4.69, 9.17) is 25.8 Å². The number of anilines is 1. The van der Waals surface area contributed by atoms with Gasteiger partial charge in [0.2, 0.25) is 0 Å². The standard InChI is InChI=1S/C38H45ClF2N4O7S/c1-22-19-53(49,43-37(47)45(48)30-17-28(30)35(40)41)42-36(46)24-7-11-34-31(16-24)44(18-25-6-9-27(25)33(51-3)13-12-32(22)50-2)20-38(21-52-34)14-4-5-23-15-26(39)8-10-29(23)38/h7-8,10-13,15-16,22,25,27,32-33,35,48H,4-6,9,14,17-21H2,1-3H3,(H,42,43,46,47,49)/b13-12+/t22-,25+,27-,32+,33+,38+,53?/m1/s1. The minimum Gasteiger partial charge on any atom is -0.490 e.